The van der Waals surface area contributed by atoms with E-state index in [4.69, 9.17) is 4.74 Å². The van der Waals surface area contributed by atoms with Crippen LogP contribution >= 0.6 is 0 Å². The standard InChI is InChI=1S/C18H24N6O3/c1-12-13(2)19-11-24(18(12)26)10-17(25)23-7-5-22(6-8-23)15-9-16(27-4)21-14(3)20-15/h9,11H,5-8,10H2,1-4H3. The van der Waals surface area contributed by atoms with Gasteiger partial charge in [-0.05, 0) is 20.8 Å². The van der Waals surface area contributed by atoms with Crippen molar-refractivity contribution in [1.82, 2.24) is 24.4 Å². The summed E-state index contributed by atoms with van der Waals surface area (Å²) in [5.74, 6) is 1.88. The number of nitrogens with zero attached hydrogens (tertiary/aromatic N) is 6. The summed E-state index contributed by atoms with van der Waals surface area (Å²) in [5.41, 5.74) is 1.09. The Hall–Kier alpha value is -2.97. The number of hydrogen-bond donors (Lipinski definition) is 0. The Morgan fingerprint density at radius 3 is 2.52 bits per heavy atom. The first-order valence-electron chi connectivity index (χ1n) is 8.84. The number of ether oxygens (including phenoxy) is 1. The Labute approximate surface area is 157 Å². The van der Waals surface area contributed by atoms with Crippen molar-refractivity contribution >= 4 is 11.7 Å². The van der Waals surface area contributed by atoms with Crippen molar-refractivity contribution in [2.24, 2.45) is 0 Å². The molecule has 1 amide bonds. The molecule has 0 saturated carbocycles. The van der Waals surface area contributed by atoms with E-state index in [1.54, 1.807) is 31.9 Å². The average molecular weight is 372 g/mol. The third-order valence-electron chi connectivity index (χ3n) is 4.79. The van der Waals surface area contributed by atoms with Crippen LogP contribution in [0.2, 0.25) is 0 Å². The third-order valence-corrected chi connectivity index (χ3v) is 4.79. The molecule has 1 aliphatic heterocycles. The normalized spacial score (nSPS) is 14.4. The lowest BCUT2D eigenvalue weighted by Gasteiger charge is -2.35. The SMILES string of the molecule is COc1cc(N2CCN(C(=O)Cn3cnc(C)c(C)c3=O)CC2)nc(C)n1. The van der Waals surface area contributed by atoms with E-state index in [0.717, 1.165) is 5.82 Å². The Balaban J connectivity index is 1.64. The molecule has 1 fully saturated rings. The van der Waals surface area contributed by atoms with Crippen LogP contribution in [0.15, 0.2) is 17.2 Å². The topological polar surface area (TPSA) is 93.5 Å². The van der Waals surface area contributed by atoms with Gasteiger partial charge in [-0.1, -0.05) is 0 Å². The van der Waals surface area contributed by atoms with Gasteiger partial charge in [0.2, 0.25) is 11.8 Å². The number of aryl methyl sites for hydroxylation is 2. The highest BCUT2D eigenvalue weighted by Gasteiger charge is 2.23. The molecule has 27 heavy (non-hydrogen) atoms. The Bertz CT molecular complexity index is 902. The number of piperazine rings is 1. The van der Waals surface area contributed by atoms with Gasteiger partial charge in [-0.15, -0.1) is 0 Å². The zero-order valence-corrected chi connectivity index (χ0v) is 16.1. The van der Waals surface area contributed by atoms with Crippen LogP contribution in [0.5, 0.6) is 5.88 Å². The van der Waals surface area contributed by atoms with Crippen LogP contribution < -0.4 is 15.2 Å². The number of hydrogen-bond acceptors (Lipinski definition) is 7. The minimum Gasteiger partial charge on any atom is -0.481 e. The fourth-order valence-corrected chi connectivity index (χ4v) is 3.01. The quantitative estimate of drug-likeness (QED) is 0.763. The highest BCUT2D eigenvalue weighted by Crippen LogP contribution is 2.19. The molecule has 2 aromatic rings. The van der Waals surface area contributed by atoms with E-state index < -0.39 is 0 Å². The zero-order chi connectivity index (χ0) is 19.6. The lowest BCUT2D eigenvalue weighted by molar-refractivity contribution is -0.132. The number of methoxy groups -OCH3 is 1. The molecule has 0 spiro atoms. The summed E-state index contributed by atoms with van der Waals surface area (Å²) < 4.78 is 6.57. The van der Waals surface area contributed by atoms with Gasteiger partial charge < -0.3 is 14.5 Å². The highest BCUT2D eigenvalue weighted by atomic mass is 16.5. The molecule has 1 aliphatic rings. The fourth-order valence-electron chi connectivity index (χ4n) is 3.01. The van der Waals surface area contributed by atoms with Gasteiger partial charge in [0.05, 0.1) is 13.4 Å². The van der Waals surface area contributed by atoms with Crippen LogP contribution in [0.1, 0.15) is 17.1 Å². The molecule has 0 N–H and O–H groups in total. The minimum absolute atomic E-state index is 0.00733. The summed E-state index contributed by atoms with van der Waals surface area (Å²) >= 11 is 0. The maximum atomic E-state index is 12.6. The molecule has 0 aliphatic carbocycles. The summed E-state index contributed by atoms with van der Waals surface area (Å²) in [4.78, 5) is 41.5. The van der Waals surface area contributed by atoms with Crippen LogP contribution in [0.4, 0.5) is 5.82 Å². The highest BCUT2D eigenvalue weighted by molar-refractivity contribution is 5.76. The van der Waals surface area contributed by atoms with Crippen LogP contribution in [-0.4, -0.2) is 63.6 Å². The molecule has 3 rings (SSSR count). The molecular weight excluding hydrogens is 348 g/mol. The monoisotopic (exact) mass is 372 g/mol. The first kappa shape index (κ1) is 18.8. The molecule has 144 valence electrons. The van der Waals surface area contributed by atoms with E-state index in [1.807, 2.05) is 6.92 Å². The Morgan fingerprint density at radius 1 is 1.15 bits per heavy atom. The van der Waals surface area contributed by atoms with Crippen molar-refractivity contribution in [3.05, 3.63) is 39.8 Å². The number of carbonyl (C=O) groups excluding carboxylic acids is 1. The summed E-state index contributed by atoms with van der Waals surface area (Å²) in [6, 6.07) is 1.80. The number of rotatable bonds is 4. The van der Waals surface area contributed by atoms with Crippen LogP contribution in [-0.2, 0) is 11.3 Å². The largest absolute Gasteiger partial charge is 0.481 e. The first-order valence-corrected chi connectivity index (χ1v) is 8.84. The van der Waals surface area contributed by atoms with Crippen LogP contribution in [0.25, 0.3) is 0 Å². The van der Waals surface area contributed by atoms with Gasteiger partial charge in [0, 0.05) is 43.5 Å². The number of amides is 1. The summed E-state index contributed by atoms with van der Waals surface area (Å²) in [7, 11) is 1.58. The van der Waals surface area contributed by atoms with Crippen LogP contribution in [0.3, 0.4) is 0 Å². The molecule has 0 atom stereocenters. The second-order valence-electron chi connectivity index (χ2n) is 6.57. The summed E-state index contributed by atoms with van der Waals surface area (Å²) in [5, 5.41) is 0. The molecule has 0 unspecified atom stereocenters. The van der Waals surface area contributed by atoms with Crippen LogP contribution in [0, 0.1) is 20.8 Å². The van der Waals surface area contributed by atoms with E-state index in [9.17, 15) is 9.59 Å². The third kappa shape index (κ3) is 4.07. The minimum atomic E-state index is -0.168. The molecular formula is C18H24N6O3. The molecule has 2 aromatic heterocycles. The van der Waals surface area contributed by atoms with Crippen molar-refractivity contribution in [2.75, 3.05) is 38.2 Å². The molecule has 3 heterocycles. The van der Waals surface area contributed by atoms with Gasteiger partial charge in [0.1, 0.15) is 18.2 Å². The summed E-state index contributed by atoms with van der Waals surface area (Å²) in [6.07, 6.45) is 1.44. The predicted molar refractivity (Wildman–Crippen MR) is 100 cm³/mol. The van der Waals surface area contributed by atoms with Gasteiger partial charge in [0.15, 0.2) is 0 Å². The Morgan fingerprint density at radius 2 is 1.85 bits per heavy atom. The molecule has 0 aromatic carbocycles. The molecule has 1 saturated heterocycles. The molecule has 9 nitrogen and oxygen atoms in total. The van der Waals surface area contributed by atoms with E-state index in [2.05, 4.69) is 19.9 Å². The smallest absolute Gasteiger partial charge is 0.256 e. The maximum Gasteiger partial charge on any atom is 0.256 e. The van der Waals surface area contributed by atoms with Gasteiger partial charge in [-0.25, -0.2) is 9.97 Å². The second kappa shape index (κ2) is 7.73. The van der Waals surface area contributed by atoms with Crippen molar-refractivity contribution in [3.63, 3.8) is 0 Å². The lowest BCUT2D eigenvalue weighted by Crippen LogP contribution is -2.50. The Kier molecular flexibility index (Phi) is 5.38. The van der Waals surface area contributed by atoms with Crippen molar-refractivity contribution in [1.29, 1.82) is 0 Å². The lowest BCUT2D eigenvalue weighted by atomic mass is 10.2. The van der Waals surface area contributed by atoms with E-state index in [-0.39, 0.29) is 18.0 Å². The number of anilines is 1. The van der Waals surface area contributed by atoms with E-state index in [1.165, 1.54) is 10.9 Å². The van der Waals surface area contributed by atoms with Gasteiger partial charge in [0.25, 0.3) is 5.56 Å². The molecule has 0 bridgehead atoms. The van der Waals surface area contributed by atoms with Crippen molar-refractivity contribution in [2.45, 2.75) is 27.3 Å². The zero-order valence-electron chi connectivity index (χ0n) is 16.1. The van der Waals surface area contributed by atoms with E-state index >= 15 is 0 Å². The van der Waals surface area contributed by atoms with Crippen molar-refractivity contribution < 1.29 is 9.53 Å². The van der Waals surface area contributed by atoms with Gasteiger partial charge >= 0.3 is 0 Å². The first-order chi connectivity index (χ1) is 12.9. The average Bonchev–Trinajstić information content (AvgIpc) is 2.68. The number of carbonyl (C=O) groups is 1. The molecule has 0 radical (unpaired) electrons. The predicted octanol–water partition coefficient (Wildman–Crippen LogP) is 0.316. The van der Waals surface area contributed by atoms with Gasteiger partial charge in [-0.2, -0.15) is 4.98 Å². The fraction of sp³-hybridized carbons (Fsp3) is 0.500. The van der Waals surface area contributed by atoms with Crippen molar-refractivity contribution in [3.8, 4) is 5.88 Å². The number of aromatic nitrogens is 4. The second-order valence-corrected chi connectivity index (χ2v) is 6.57. The summed E-state index contributed by atoms with van der Waals surface area (Å²) in [6.45, 7) is 7.79. The molecule has 9 heteroatoms. The van der Waals surface area contributed by atoms with E-state index in [0.29, 0.717) is 49.1 Å². The maximum absolute atomic E-state index is 12.6. The van der Waals surface area contributed by atoms with Gasteiger partial charge in [-0.3, -0.25) is 14.2 Å².